The molecule has 1 aromatic carbocycles. The van der Waals surface area contributed by atoms with Crippen LogP contribution in [0.2, 0.25) is 10.0 Å². The first-order valence-electron chi connectivity index (χ1n) is 8.80. The zero-order valence-electron chi connectivity index (χ0n) is 15.0. The quantitative estimate of drug-likeness (QED) is 0.687. The lowest BCUT2D eigenvalue weighted by molar-refractivity contribution is -0.118. The minimum absolute atomic E-state index is 0.0974. The summed E-state index contributed by atoms with van der Waals surface area (Å²) in [4.78, 5) is 24.1. The molecule has 0 atom stereocenters. The minimum Gasteiger partial charge on any atom is -0.343 e. The number of hydrogen-bond acceptors (Lipinski definition) is 4. The molecule has 10 heteroatoms. The number of nitrogens with one attached hydrogen (secondary N) is 2. The maximum Gasteiger partial charge on any atom is 0.304 e. The van der Waals surface area contributed by atoms with Gasteiger partial charge in [-0.15, -0.1) is 0 Å². The van der Waals surface area contributed by atoms with Crippen molar-refractivity contribution in [2.45, 2.75) is 45.1 Å². The first-order valence-corrected chi connectivity index (χ1v) is 11.0. The summed E-state index contributed by atoms with van der Waals surface area (Å²) in [5.41, 5.74) is 0.220. The van der Waals surface area contributed by atoms with E-state index in [1.165, 1.54) is 22.5 Å². The lowest BCUT2D eigenvalue weighted by atomic mass is 9.95. The molecule has 0 unspecified atom stereocenters. The summed E-state index contributed by atoms with van der Waals surface area (Å²) in [5.74, 6) is -1.36. The van der Waals surface area contributed by atoms with E-state index in [0.717, 1.165) is 32.1 Å². The maximum absolute atomic E-state index is 12.5. The Labute approximate surface area is 169 Å². The largest absolute Gasteiger partial charge is 0.343 e. The van der Waals surface area contributed by atoms with Gasteiger partial charge in [-0.25, -0.2) is 4.72 Å². The van der Waals surface area contributed by atoms with Gasteiger partial charge < -0.3 is 5.32 Å². The van der Waals surface area contributed by atoms with E-state index in [4.69, 9.17) is 23.2 Å². The second kappa shape index (κ2) is 9.73. The van der Waals surface area contributed by atoms with Crippen LogP contribution in [0.15, 0.2) is 18.2 Å². The van der Waals surface area contributed by atoms with Gasteiger partial charge >= 0.3 is 10.2 Å². The number of benzene rings is 1. The summed E-state index contributed by atoms with van der Waals surface area (Å²) >= 11 is 11.6. The zero-order valence-corrected chi connectivity index (χ0v) is 17.3. The fraction of sp³-hybridized carbons (Fsp3) is 0.529. The predicted octanol–water partition coefficient (Wildman–Crippen LogP) is 2.74. The third-order valence-electron chi connectivity index (χ3n) is 4.44. The maximum atomic E-state index is 12.5. The molecule has 0 heterocycles. The third-order valence-corrected chi connectivity index (χ3v) is 6.83. The smallest absolute Gasteiger partial charge is 0.304 e. The van der Waals surface area contributed by atoms with Crippen molar-refractivity contribution in [2.24, 2.45) is 0 Å². The van der Waals surface area contributed by atoms with Gasteiger partial charge in [-0.05, 0) is 31.0 Å². The van der Waals surface area contributed by atoms with Crippen molar-refractivity contribution in [3.8, 4) is 0 Å². The third kappa shape index (κ3) is 6.07. The van der Waals surface area contributed by atoms with E-state index in [0.29, 0.717) is 5.02 Å². The number of rotatable bonds is 7. The van der Waals surface area contributed by atoms with E-state index in [2.05, 4.69) is 5.32 Å². The van der Waals surface area contributed by atoms with Crippen LogP contribution < -0.4 is 10.0 Å². The molecule has 1 aliphatic rings. The van der Waals surface area contributed by atoms with Crippen LogP contribution in [0.3, 0.4) is 0 Å². The highest BCUT2D eigenvalue weighted by Crippen LogP contribution is 2.24. The van der Waals surface area contributed by atoms with Crippen LogP contribution >= 0.6 is 23.2 Å². The molecule has 0 bridgehead atoms. The Morgan fingerprint density at radius 2 is 1.81 bits per heavy atom. The number of carbonyl (C=O) groups is 2. The van der Waals surface area contributed by atoms with E-state index in [9.17, 15) is 18.0 Å². The monoisotopic (exact) mass is 435 g/mol. The molecule has 2 amide bonds. The van der Waals surface area contributed by atoms with E-state index in [1.807, 2.05) is 4.72 Å². The Bertz CT molecular complexity index is 795. The number of hydrogen-bond donors (Lipinski definition) is 2. The van der Waals surface area contributed by atoms with Crippen LogP contribution in [0.4, 0.5) is 0 Å². The van der Waals surface area contributed by atoms with Crippen molar-refractivity contribution in [1.82, 2.24) is 14.3 Å². The average Bonchev–Trinajstić information content (AvgIpc) is 2.63. The number of halogens is 2. The molecule has 2 N–H and O–H groups in total. The first kappa shape index (κ1) is 21.9. The lowest BCUT2D eigenvalue weighted by Crippen LogP contribution is -2.50. The molecule has 27 heavy (non-hydrogen) atoms. The highest BCUT2D eigenvalue weighted by molar-refractivity contribution is 7.87. The Balaban J connectivity index is 1.92. The summed E-state index contributed by atoms with van der Waals surface area (Å²) < 4.78 is 28.4. The van der Waals surface area contributed by atoms with Gasteiger partial charge in [0.05, 0.1) is 16.6 Å². The van der Waals surface area contributed by atoms with Gasteiger partial charge in [0, 0.05) is 18.2 Å². The lowest BCUT2D eigenvalue weighted by Gasteiger charge is -2.32. The fourth-order valence-corrected chi connectivity index (χ4v) is 4.85. The Morgan fingerprint density at radius 3 is 2.41 bits per heavy atom. The molecule has 1 saturated carbocycles. The van der Waals surface area contributed by atoms with Crippen molar-refractivity contribution in [1.29, 1.82) is 0 Å². The van der Waals surface area contributed by atoms with E-state index in [-0.39, 0.29) is 23.2 Å². The molecule has 0 saturated heterocycles. The van der Waals surface area contributed by atoms with Crippen molar-refractivity contribution in [3.63, 3.8) is 0 Å². The summed E-state index contributed by atoms with van der Waals surface area (Å²) in [6.07, 6.45) is 4.63. The summed E-state index contributed by atoms with van der Waals surface area (Å²) in [7, 11) is -3.95. The number of carbonyl (C=O) groups excluding carboxylic acids is 2. The fourth-order valence-electron chi connectivity index (χ4n) is 3.13. The van der Waals surface area contributed by atoms with Gasteiger partial charge in [0.1, 0.15) is 0 Å². The molecule has 2 rings (SSSR count). The van der Waals surface area contributed by atoms with Crippen molar-refractivity contribution in [3.05, 3.63) is 33.8 Å². The second-order valence-electron chi connectivity index (χ2n) is 6.34. The van der Waals surface area contributed by atoms with Crippen molar-refractivity contribution >= 4 is 45.2 Å². The highest BCUT2D eigenvalue weighted by Gasteiger charge is 2.30. The SMILES string of the molecule is CCN(C1CCCCC1)S(=O)(=O)NC(=O)CNC(=O)c1ccc(Cl)c(Cl)c1. The molecule has 0 spiro atoms. The van der Waals surface area contributed by atoms with Crippen LogP contribution in [-0.4, -0.2) is 43.7 Å². The standard InChI is InChI=1S/C17H23Cl2N3O4S/c1-2-22(13-6-4-3-5-7-13)27(25,26)21-16(23)11-20-17(24)12-8-9-14(18)15(19)10-12/h8-10,13H,2-7,11H2,1H3,(H,20,24)(H,21,23). The molecule has 150 valence electrons. The summed E-state index contributed by atoms with van der Waals surface area (Å²) in [6.45, 7) is 1.55. The van der Waals surface area contributed by atoms with Crippen LogP contribution in [0.1, 0.15) is 49.4 Å². The molecule has 1 aromatic rings. The summed E-state index contributed by atoms with van der Waals surface area (Å²) in [5, 5.41) is 2.88. The van der Waals surface area contributed by atoms with Crippen LogP contribution in [-0.2, 0) is 15.0 Å². The van der Waals surface area contributed by atoms with Gasteiger partial charge in [-0.1, -0.05) is 49.4 Å². The molecule has 0 radical (unpaired) electrons. The molecular formula is C17H23Cl2N3O4S. The van der Waals surface area contributed by atoms with E-state index >= 15 is 0 Å². The van der Waals surface area contributed by atoms with Crippen LogP contribution in [0, 0.1) is 0 Å². The van der Waals surface area contributed by atoms with E-state index < -0.39 is 28.6 Å². The predicted molar refractivity (Wildman–Crippen MR) is 105 cm³/mol. The summed E-state index contributed by atoms with van der Waals surface area (Å²) in [6, 6.07) is 4.20. The van der Waals surface area contributed by atoms with Gasteiger partial charge in [0.2, 0.25) is 0 Å². The number of nitrogens with zero attached hydrogens (tertiary/aromatic N) is 1. The average molecular weight is 436 g/mol. The highest BCUT2D eigenvalue weighted by atomic mass is 35.5. The van der Waals surface area contributed by atoms with E-state index in [1.54, 1.807) is 6.92 Å². The molecule has 0 aliphatic heterocycles. The molecular weight excluding hydrogens is 413 g/mol. The first-order chi connectivity index (χ1) is 12.7. The Kier molecular flexibility index (Phi) is 7.91. The van der Waals surface area contributed by atoms with Gasteiger partial charge in [0.25, 0.3) is 11.8 Å². The van der Waals surface area contributed by atoms with Crippen LogP contribution in [0.5, 0.6) is 0 Å². The van der Waals surface area contributed by atoms with Gasteiger partial charge in [0.15, 0.2) is 0 Å². The Hall–Kier alpha value is -1.35. The molecule has 1 aliphatic carbocycles. The minimum atomic E-state index is -3.95. The van der Waals surface area contributed by atoms with Crippen LogP contribution in [0.25, 0.3) is 0 Å². The zero-order chi connectivity index (χ0) is 20.0. The molecule has 0 aromatic heterocycles. The molecule has 7 nitrogen and oxygen atoms in total. The van der Waals surface area contributed by atoms with Gasteiger partial charge in [-0.3, -0.25) is 9.59 Å². The normalized spacial score (nSPS) is 15.6. The van der Waals surface area contributed by atoms with Crippen molar-refractivity contribution < 1.29 is 18.0 Å². The second-order valence-corrected chi connectivity index (χ2v) is 8.77. The van der Waals surface area contributed by atoms with Crippen molar-refractivity contribution in [2.75, 3.05) is 13.1 Å². The topological polar surface area (TPSA) is 95.6 Å². The van der Waals surface area contributed by atoms with Gasteiger partial charge in [-0.2, -0.15) is 12.7 Å². The Morgan fingerprint density at radius 1 is 1.15 bits per heavy atom. The number of amides is 2. The molecule has 1 fully saturated rings.